The molecule has 0 saturated heterocycles. The van der Waals surface area contributed by atoms with Gasteiger partial charge in [-0.25, -0.2) is 4.79 Å². The van der Waals surface area contributed by atoms with Crippen LogP contribution >= 0.6 is 0 Å². The molecule has 0 aliphatic heterocycles. The van der Waals surface area contributed by atoms with Crippen molar-refractivity contribution in [1.29, 1.82) is 0 Å². The molecule has 0 amide bonds. The zero-order chi connectivity index (χ0) is 15.7. The van der Waals surface area contributed by atoms with Crippen molar-refractivity contribution in [2.24, 2.45) is 11.8 Å². The van der Waals surface area contributed by atoms with Gasteiger partial charge in [0.2, 0.25) is 0 Å². The monoisotopic (exact) mass is 299 g/mol. The minimum absolute atomic E-state index is 0.135. The van der Waals surface area contributed by atoms with Crippen LogP contribution in [0.15, 0.2) is 0 Å². The maximum absolute atomic E-state index is 12.5. The predicted octanol–water partition coefficient (Wildman–Crippen LogP) is 3.15. The normalized spacial score (nSPS) is 19.0. The van der Waals surface area contributed by atoms with Crippen LogP contribution in [0.25, 0.3) is 0 Å². The van der Waals surface area contributed by atoms with Crippen LogP contribution < -0.4 is 5.32 Å². The van der Waals surface area contributed by atoms with Crippen LogP contribution in [0.5, 0.6) is 0 Å². The van der Waals surface area contributed by atoms with Crippen molar-refractivity contribution in [1.82, 2.24) is 5.32 Å². The van der Waals surface area contributed by atoms with E-state index in [9.17, 15) is 4.79 Å². The van der Waals surface area contributed by atoms with Crippen LogP contribution in [0.1, 0.15) is 59.8 Å². The second-order valence-electron chi connectivity index (χ2n) is 6.30. The molecule has 1 saturated carbocycles. The van der Waals surface area contributed by atoms with Crippen molar-refractivity contribution in [2.45, 2.75) is 65.3 Å². The smallest absolute Gasteiger partial charge is 0.329 e. The highest BCUT2D eigenvalue weighted by Gasteiger charge is 2.52. The Kier molecular flexibility index (Phi) is 8.27. The van der Waals surface area contributed by atoms with Gasteiger partial charge in [0.05, 0.1) is 13.2 Å². The molecule has 21 heavy (non-hydrogen) atoms. The third kappa shape index (κ3) is 5.59. The van der Waals surface area contributed by atoms with Crippen molar-refractivity contribution >= 4 is 5.97 Å². The van der Waals surface area contributed by atoms with Crippen LogP contribution in [-0.2, 0) is 14.3 Å². The lowest BCUT2D eigenvalue weighted by Crippen LogP contribution is -2.58. The molecule has 0 aromatic heterocycles. The summed E-state index contributed by atoms with van der Waals surface area (Å²) in [5, 5.41) is 3.44. The topological polar surface area (TPSA) is 47.6 Å². The zero-order valence-corrected chi connectivity index (χ0v) is 14.2. The van der Waals surface area contributed by atoms with E-state index in [4.69, 9.17) is 9.47 Å². The molecule has 1 aliphatic carbocycles. The van der Waals surface area contributed by atoms with Crippen molar-refractivity contribution in [3.8, 4) is 0 Å². The molecule has 1 N–H and O–H groups in total. The minimum Gasteiger partial charge on any atom is -0.465 e. The molecule has 124 valence electrons. The Morgan fingerprint density at radius 1 is 1.29 bits per heavy atom. The molecule has 0 bridgehead atoms. The van der Waals surface area contributed by atoms with Crippen LogP contribution in [0.2, 0.25) is 0 Å². The van der Waals surface area contributed by atoms with E-state index in [-0.39, 0.29) is 5.97 Å². The highest BCUT2D eigenvalue weighted by molar-refractivity contribution is 5.82. The molecule has 4 nitrogen and oxygen atoms in total. The van der Waals surface area contributed by atoms with Gasteiger partial charge in [0.15, 0.2) is 0 Å². The Morgan fingerprint density at radius 3 is 2.52 bits per heavy atom. The Morgan fingerprint density at radius 2 is 2.00 bits per heavy atom. The molecule has 0 radical (unpaired) electrons. The molecule has 2 atom stereocenters. The number of hydrogen-bond acceptors (Lipinski definition) is 4. The van der Waals surface area contributed by atoms with E-state index >= 15 is 0 Å². The maximum atomic E-state index is 12.5. The van der Waals surface area contributed by atoms with E-state index in [1.807, 2.05) is 6.92 Å². The molecule has 4 heteroatoms. The standard InChI is InChI=1S/C17H33NO3/c1-5-8-14(4)12-20-13-17(15-9-10-15,18-11-6-2)16(19)21-7-3/h14-15,18H,5-13H2,1-4H3. The largest absolute Gasteiger partial charge is 0.465 e. The average Bonchev–Trinajstić information content (AvgIpc) is 3.28. The Labute approximate surface area is 130 Å². The van der Waals surface area contributed by atoms with Crippen molar-refractivity contribution in [3.63, 3.8) is 0 Å². The summed E-state index contributed by atoms with van der Waals surface area (Å²) >= 11 is 0. The highest BCUT2D eigenvalue weighted by Crippen LogP contribution is 2.41. The van der Waals surface area contributed by atoms with Gasteiger partial charge in [-0.3, -0.25) is 5.32 Å². The Bertz CT molecular complexity index is 304. The van der Waals surface area contributed by atoms with Gasteiger partial charge in [-0.15, -0.1) is 0 Å². The maximum Gasteiger partial charge on any atom is 0.329 e. The summed E-state index contributed by atoms with van der Waals surface area (Å²) in [5.41, 5.74) is -0.627. The van der Waals surface area contributed by atoms with Gasteiger partial charge in [0.1, 0.15) is 5.54 Å². The van der Waals surface area contributed by atoms with Gasteiger partial charge < -0.3 is 9.47 Å². The van der Waals surface area contributed by atoms with E-state index in [0.29, 0.717) is 25.0 Å². The summed E-state index contributed by atoms with van der Waals surface area (Å²) in [5.74, 6) is 0.772. The molecule has 0 heterocycles. The molecule has 1 rings (SSSR count). The molecule has 0 aromatic rings. The fourth-order valence-corrected chi connectivity index (χ4v) is 2.79. The average molecular weight is 299 g/mol. The first-order valence-corrected chi connectivity index (χ1v) is 8.60. The van der Waals surface area contributed by atoms with Crippen molar-refractivity contribution in [2.75, 3.05) is 26.4 Å². The van der Waals surface area contributed by atoms with Crippen LogP contribution in [0, 0.1) is 11.8 Å². The number of esters is 1. The van der Waals surface area contributed by atoms with Crippen molar-refractivity contribution < 1.29 is 14.3 Å². The number of rotatable bonds is 12. The second-order valence-corrected chi connectivity index (χ2v) is 6.30. The summed E-state index contributed by atoms with van der Waals surface area (Å²) in [6.45, 7) is 10.8. The Hall–Kier alpha value is -0.610. The van der Waals surface area contributed by atoms with Crippen LogP contribution in [0.4, 0.5) is 0 Å². The first-order chi connectivity index (χ1) is 10.1. The number of ether oxygens (including phenoxy) is 2. The Balaban J connectivity index is 2.63. The molecular formula is C17H33NO3. The fourth-order valence-electron chi connectivity index (χ4n) is 2.79. The summed E-state index contributed by atoms with van der Waals surface area (Å²) in [4.78, 5) is 12.5. The fraction of sp³-hybridized carbons (Fsp3) is 0.941. The van der Waals surface area contributed by atoms with Gasteiger partial charge in [-0.05, 0) is 51.0 Å². The number of nitrogens with one attached hydrogen (secondary N) is 1. The third-order valence-corrected chi connectivity index (χ3v) is 4.12. The molecule has 0 spiro atoms. The lowest BCUT2D eigenvalue weighted by atomic mass is 9.93. The van der Waals surface area contributed by atoms with Crippen molar-refractivity contribution in [3.05, 3.63) is 0 Å². The van der Waals surface area contributed by atoms with E-state index in [1.165, 1.54) is 6.42 Å². The van der Waals surface area contributed by atoms with Gasteiger partial charge in [-0.1, -0.05) is 27.2 Å². The SMILES string of the molecule is CCCNC(COCC(C)CCC)(C(=O)OCC)C1CC1. The van der Waals surface area contributed by atoms with Gasteiger partial charge in [0, 0.05) is 6.61 Å². The molecule has 0 aromatic carbocycles. The molecule has 1 fully saturated rings. The van der Waals surface area contributed by atoms with Gasteiger partial charge in [0.25, 0.3) is 0 Å². The lowest BCUT2D eigenvalue weighted by molar-refractivity contribution is -0.156. The zero-order valence-electron chi connectivity index (χ0n) is 14.2. The van der Waals surface area contributed by atoms with E-state index in [1.54, 1.807) is 0 Å². The van der Waals surface area contributed by atoms with Gasteiger partial charge >= 0.3 is 5.97 Å². The summed E-state index contributed by atoms with van der Waals surface area (Å²) < 4.78 is 11.2. The minimum atomic E-state index is -0.627. The summed E-state index contributed by atoms with van der Waals surface area (Å²) in [6, 6.07) is 0. The molecule has 2 unspecified atom stereocenters. The van der Waals surface area contributed by atoms with E-state index in [2.05, 4.69) is 26.1 Å². The van der Waals surface area contributed by atoms with Crippen LogP contribution in [0.3, 0.4) is 0 Å². The number of carbonyl (C=O) groups excluding carboxylic acids is 1. The second kappa shape index (κ2) is 9.42. The van der Waals surface area contributed by atoms with E-state index < -0.39 is 5.54 Å². The predicted molar refractivity (Wildman–Crippen MR) is 85.3 cm³/mol. The molecule has 1 aliphatic rings. The number of hydrogen-bond donors (Lipinski definition) is 1. The summed E-state index contributed by atoms with van der Waals surface area (Å²) in [6.07, 6.45) is 5.51. The van der Waals surface area contributed by atoms with Gasteiger partial charge in [-0.2, -0.15) is 0 Å². The van der Waals surface area contributed by atoms with E-state index in [0.717, 1.165) is 38.8 Å². The quantitative estimate of drug-likeness (QED) is 0.562. The summed E-state index contributed by atoms with van der Waals surface area (Å²) in [7, 11) is 0. The first kappa shape index (κ1) is 18.4. The third-order valence-electron chi connectivity index (χ3n) is 4.12. The number of carbonyl (C=O) groups is 1. The highest BCUT2D eigenvalue weighted by atomic mass is 16.5. The first-order valence-electron chi connectivity index (χ1n) is 8.60. The lowest BCUT2D eigenvalue weighted by Gasteiger charge is -2.33. The van der Waals surface area contributed by atoms with Crippen LogP contribution in [-0.4, -0.2) is 37.9 Å². The molecular weight excluding hydrogens is 266 g/mol.